The van der Waals surface area contributed by atoms with Crippen molar-refractivity contribution in [1.29, 1.82) is 0 Å². The molecule has 152 valence electrons. The molecule has 1 unspecified atom stereocenters. The zero-order chi connectivity index (χ0) is 19.6. The number of aromatic hydroxyl groups is 2. The third kappa shape index (κ3) is 5.28. The van der Waals surface area contributed by atoms with Gasteiger partial charge in [-0.3, -0.25) is 4.79 Å². The number of aliphatic hydroxyl groups is 1. The van der Waals surface area contributed by atoms with E-state index in [1.54, 1.807) is 12.1 Å². The molecule has 3 rings (SSSR count). The second-order valence-electron chi connectivity index (χ2n) is 7.37. The van der Waals surface area contributed by atoms with Crippen molar-refractivity contribution in [1.82, 2.24) is 5.32 Å². The Kier molecular flexibility index (Phi) is 6.77. The van der Waals surface area contributed by atoms with Crippen molar-refractivity contribution >= 4 is 24.0 Å². The zero-order valence-electron chi connectivity index (χ0n) is 15.7. The molecule has 0 bridgehead atoms. The van der Waals surface area contributed by atoms with Crippen LogP contribution in [-0.4, -0.2) is 39.9 Å². The fourth-order valence-corrected chi connectivity index (χ4v) is 3.13. The normalized spacial score (nSPS) is 14.3. The summed E-state index contributed by atoms with van der Waals surface area (Å²) in [5.41, 5.74) is 1.51. The molecule has 1 atom stereocenters. The van der Waals surface area contributed by atoms with Gasteiger partial charge in [-0.1, -0.05) is 12.1 Å². The van der Waals surface area contributed by atoms with E-state index in [-0.39, 0.29) is 48.5 Å². The third-order valence-electron chi connectivity index (χ3n) is 4.44. The molecule has 1 heterocycles. The van der Waals surface area contributed by atoms with Gasteiger partial charge in [0.15, 0.2) is 6.61 Å². The largest absolute Gasteiger partial charge is 0.508 e. The van der Waals surface area contributed by atoms with Crippen LogP contribution in [0.25, 0.3) is 0 Å². The van der Waals surface area contributed by atoms with E-state index in [0.717, 1.165) is 5.56 Å². The maximum absolute atomic E-state index is 11.5. The van der Waals surface area contributed by atoms with Crippen LogP contribution >= 0.6 is 12.4 Å². The summed E-state index contributed by atoms with van der Waals surface area (Å²) in [6, 6.07) is 9.84. The molecular weight excluding hydrogens is 384 g/mol. The van der Waals surface area contributed by atoms with Crippen LogP contribution in [0.4, 0.5) is 5.69 Å². The van der Waals surface area contributed by atoms with Crippen LogP contribution in [0.1, 0.15) is 31.1 Å². The van der Waals surface area contributed by atoms with Crippen LogP contribution in [0, 0.1) is 0 Å². The van der Waals surface area contributed by atoms with E-state index >= 15 is 0 Å². The first-order valence-electron chi connectivity index (χ1n) is 8.74. The standard InChI is InChI=1S/C20H24N2O5.ClH/c1-20(2,9-12-3-5-13(23)6-4-12)21-10-17(25)15-7-14(24)8-16-19(15)27-11-18(26)22-16;/h3-8,17,21,23-25H,9-11H2,1-2H3,(H,22,26);1H. The fraction of sp³-hybridized carbons (Fsp3) is 0.350. The van der Waals surface area contributed by atoms with Crippen molar-refractivity contribution in [2.75, 3.05) is 18.5 Å². The molecule has 0 fully saturated rings. The van der Waals surface area contributed by atoms with E-state index in [1.165, 1.54) is 12.1 Å². The lowest BCUT2D eigenvalue weighted by Crippen LogP contribution is -2.43. The second kappa shape index (κ2) is 8.68. The number of hydrogen-bond acceptors (Lipinski definition) is 6. The van der Waals surface area contributed by atoms with Gasteiger partial charge in [0, 0.05) is 23.7 Å². The van der Waals surface area contributed by atoms with Gasteiger partial charge in [-0.05, 0) is 44.0 Å². The van der Waals surface area contributed by atoms with Crippen LogP contribution in [0.5, 0.6) is 17.2 Å². The van der Waals surface area contributed by atoms with E-state index in [4.69, 9.17) is 4.74 Å². The Bertz CT molecular complexity index is 839. The molecule has 1 aliphatic rings. The summed E-state index contributed by atoms with van der Waals surface area (Å²) in [6.07, 6.45) is -0.231. The summed E-state index contributed by atoms with van der Waals surface area (Å²) in [7, 11) is 0. The first-order chi connectivity index (χ1) is 12.7. The number of aliphatic hydroxyl groups excluding tert-OH is 1. The average Bonchev–Trinajstić information content (AvgIpc) is 2.60. The highest BCUT2D eigenvalue weighted by molar-refractivity contribution is 5.96. The molecule has 0 saturated heterocycles. The first kappa shape index (κ1) is 21.8. The van der Waals surface area contributed by atoms with Crippen molar-refractivity contribution < 1.29 is 24.9 Å². The van der Waals surface area contributed by atoms with E-state index in [9.17, 15) is 20.1 Å². The summed E-state index contributed by atoms with van der Waals surface area (Å²) in [5, 5.41) is 35.9. The maximum Gasteiger partial charge on any atom is 0.262 e. The Morgan fingerprint density at radius 1 is 1.18 bits per heavy atom. The number of phenols is 2. The molecular formula is C20H25ClN2O5. The number of phenolic OH excluding ortho intramolecular Hbond substituents is 2. The number of β-amino-alcohol motifs (C(OH)–C–C–N with tert-alkyl or cyclic N) is 1. The highest BCUT2D eigenvalue weighted by Gasteiger charge is 2.26. The van der Waals surface area contributed by atoms with Crippen LogP contribution in [0.15, 0.2) is 36.4 Å². The topological polar surface area (TPSA) is 111 Å². The summed E-state index contributed by atoms with van der Waals surface area (Å²) in [6.45, 7) is 4.14. The minimum atomic E-state index is -0.931. The molecule has 0 aromatic heterocycles. The first-order valence-corrected chi connectivity index (χ1v) is 8.74. The molecule has 0 radical (unpaired) electrons. The summed E-state index contributed by atoms with van der Waals surface area (Å²) < 4.78 is 5.45. The van der Waals surface area contributed by atoms with E-state index in [0.29, 0.717) is 23.4 Å². The molecule has 0 spiro atoms. The highest BCUT2D eigenvalue weighted by Crippen LogP contribution is 2.38. The average molecular weight is 409 g/mol. The molecule has 0 aliphatic carbocycles. The molecule has 5 N–H and O–H groups in total. The summed E-state index contributed by atoms with van der Waals surface area (Å²) >= 11 is 0. The van der Waals surface area contributed by atoms with Gasteiger partial charge >= 0.3 is 0 Å². The maximum atomic E-state index is 11.5. The predicted octanol–water partition coefficient (Wildman–Crippen LogP) is 2.49. The number of carbonyl (C=O) groups is 1. The molecule has 7 nitrogen and oxygen atoms in total. The Hall–Kier alpha value is -2.48. The van der Waals surface area contributed by atoms with Gasteiger partial charge in [-0.15, -0.1) is 12.4 Å². The summed E-state index contributed by atoms with van der Waals surface area (Å²) in [4.78, 5) is 11.5. The lowest BCUT2D eigenvalue weighted by atomic mass is 9.94. The second-order valence-corrected chi connectivity index (χ2v) is 7.37. The number of amides is 1. The lowest BCUT2D eigenvalue weighted by molar-refractivity contribution is -0.118. The van der Waals surface area contributed by atoms with Gasteiger partial charge in [-0.25, -0.2) is 0 Å². The van der Waals surface area contributed by atoms with Gasteiger partial charge in [0.2, 0.25) is 0 Å². The van der Waals surface area contributed by atoms with Gasteiger partial charge in [0.25, 0.3) is 5.91 Å². The molecule has 28 heavy (non-hydrogen) atoms. The van der Waals surface area contributed by atoms with Gasteiger partial charge in [0.1, 0.15) is 17.2 Å². The number of nitrogens with one attached hydrogen (secondary N) is 2. The van der Waals surface area contributed by atoms with Gasteiger partial charge in [0.05, 0.1) is 11.8 Å². The SMILES string of the molecule is CC(C)(Cc1ccc(O)cc1)NCC(O)c1cc(O)cc2c1OCC(=O)N2.Cl. The molecule has 1 aliphatic heterocycles. The minimum Gasteiger partial charge on any atom is -0.508 e. The molecule has 0 saturated carbocycles. The lowest BCUT2D eigenvalue weighted by Gasteiger charge is -2.29. The number of fused-ring (bicyclic) bond motifs is 1. The number of ether oxygens (including phenoxy) is 1. The Labute approximate surface area is 169 Å². The monoisotopic (exact) mass is 408 g/mol. The Balaban J connectivity index is 0.00000280. The highest BCUT2D eigenvalue weighted by atomic mass is 35.5. The van der Waals surface area contributed by atoms with Crippen molar-refractivity contribution in [2.24, 2.45) is 0 Å². The number of rotatable bonds is 6. The van der Waals surface area contributed by atoms with Crippen molar-refractivity contribution in [3.8, 4) is 17.2 Å². The van der Waals surface area contributed by atoms with Crippen LogP contribution in [-0.2, 0) is 11.2 Å². The number of halogens is 1. The minimum absolute atomic E-state index is 0. The predicted molar refractivity (Wildman–Crippen MR) is 108 cm³/mol. The van der Waals surface area contributed by atoms with Crippen LogP contribution in [0.3, 0.4) is 0 Å². The number of carbonyl (C=O) groups excluding carboxylic acids is 1. The summed E-state index contributed by atoms with van der Waals surface area (Å²) in [5.74, 6) is 0.234. The van der Waals surface area contributed by atoms with Gasteiger partial charge < -0.3 is 30.7 Å². The Morgan fingerprint density at radius 3 is 2.54 bits per heavy atom. The molecule has 1 amide bonds. The Morgan fingerprint density at radius 2 is 1.86 bits per heavy atom. The van der Waals surface area contributed by atoms with E-state index in [2.05, 4.69) is 10.6 Å². The smallest absolute Gasteiger partial charge is 0.262 e. The molecule has 2 aromatic rings. The van der Waals surface area contributed by atoms with Crippen LogP contribution < -0.4 is 15.4 Å². The number of benzene rings is 2. The third-order valence-corrected chi connectivity index (χ3v) is 4.44. The fourth-order valence-electron chi connectivity index (χ4n) is 3.13. The van der Waals surface area contributed by atoms with E-state index in [1.807, 2.05) is 26.0 Å². The van der Waals surface area contributed by atoms with Crippen molar-refractivity contribution in [3.05, 3.63) is 47.5 Å². The van der Waals surface area contributed by atoms with Gasteiger partial charge in [-0.2, -0.15) is 0 Å². The zero-order valence-corrected chi connectivity index (χ0v) is 16.5. The quantitative estimate of drug-likeness (QED) is 0.502. The molecule has 2 aromatic carbocycles. The molecule has 8 heteroatoms. The van der Waals surface area contributed by atoms with Crippen molar-refractivity contribution in [2.45, 2.75) is 31.9 Å². The van der Waals surface area contributed by atoms with E-state index < -0.39 is 6.10 Å². The number of hydrogen-bond donors (Lipinski definition) is 5. The van der Waals surface area contributed by atoms with Crippen LogP contribution in [0.2, 0.25) is 0 Å². The number of anilines is 1. The van der Waals surface area contributed by atoms with Crippen molar-refractivity contribution in [3.63, 3.8) is 0 Å².